The molecular formula is C14H16N2O3Se. The zero-order chi connectivity index (χ0) is 14.5. The molecule has 0 atom stereocenters. The number of aromatic carboxylic acids is 1. The number of rotatable bonds is 5. The second-order valence-corrected chi connectivity index (χ2v) is 6.68. The van der Waals surface area contributed by atoms with E-state index in [0.717, 1.165) is 22.5 Å². The molecule has 0 aliphatic rings. The summed E-state index contributed by atoms with van der Waals surface area (Å²) in [5.74, 6) is -0.868. The predicted molar refractivity (Wildman–Crippen MR) is 79.8 cm³/mol. The van der Waals surface area contributed by atoms with Gasteiger partial charge in [0.2, 0.25) is 0 Å². The van der Waals surface area contributed by atoms with Crippen molar-refractivity contribution < 1.29 is 14.7 Å². The zero-order valence-electron chi connectivity index (χ0n) is 11.1. The molecule has 0 unspecified atom stereocenters. The number of carboxylic acids is 1. The molecule has 106 valence electrons. The van der Waals surface area contributed by atoms with Crippen LogP contribution < -0.4 is 10.6 Å². The summed E-state index contributed by atoms with van der Waals surface area (Å²) in [7, 11) is 0. The van der Waals surface area contributed by atoms with Crippen molar-refractivity contribution in [1.82, 2.24) is 5.32 Å². The number of benzene rings is 1. The molecule has 2 amide bonds. The van der Waals surface area contributed by atoms with Crippen LogP contribution in [0.1, 0.15) is 29.0 Å². The molecule has 0 saturated carbocycles. The number of hydrogen-bond acceptors (Lipinski definition) is 2. The van der Waals surface area contributed by atoms with E-state index in [9.17, 15) is 9.59 Å². The molecule has 2 aromatic rings. The van der Waals surface area contributed by atoms with Crippen molar-refractivity contribution in [3.05, 3.63) is 28.7 Å². The van der Waals surface area contributed by atoms with Gasteiger partial charge in [0.05, 0.1) is 0 Å². The van der Waals surface area contributed by atoms with E-state index in [1.165, 1.54) is 0 Å². The number of fused-ring (bicyclic) bond motifs is 1. The van der Waals surface area contributed by atoms with Gasteiger partial charge in [-0.3, -0.25) is 0 Å². The van der Waals surface area contributed by atoms with E-state index in [1.54, 1.807) is 12.1 Å². The molecule has 5 nitrogen and oxygen atoms in total. The first-order valence-corrected chi connectivity index (χ1v) is 8.13. The van der Waals surface area contributed by atoms with Gasteiger partial charge in [0.15, 0.2) is 0 Å². The van der Waals surface area contributed by atoms with Gasteiger partial charge in [-0.05, 0) is 0 Å². The Labute approximate surface area is 122 Å². The third kappa shape index (κ3) is 3.62. The van der Waals surface area contributed by atoms with E-state index in [1.807, 2.05) is 12.1 Å². The van der Waals surface area contributed by atoms with Crippen molar-refractivity contribution >= 4 is 41.8 Å². The van der Waals surface area contributed by atoms with Crippen LogP contribution in [-0.2, 0) is 0 Å². The average molecular weight is 339 g/mol. The summed E-state index contributed by atoms with van der Waals surface area (Å²) in [6.07, 6.45) is 1.98. The number of amides is 2. The monoisotopic (exact) mass is 340 g/mol. The summed E-state index contributed by atoms with van der Waals surface area (Å²) in [6, 6.07) is 6.94. The Morgan fingerprint density at radius 3 is 2.80 bits per heavy atom. The third-order valence-corrected chi connectivity index (χ3v) is 5.12. The van der Waals surface area contributed by atoms with Gasteiger partial charge in [0.1, 0.15) is 0 Å². The number of urea groups is 1. The Morgan fingerprint density at radius 2 is 2.10 bits per heavy atom. The molecule has 0 fully saturated rings. The van der Waals surface area contributed by atoms with E-state index in [2.05, 4.69) is 17.6 Å². The number of hydrogen-bond donors (Lipinski definition) is 3. The van der Waals surface area contributed by atoms with Crippen LogP contribution in [0.4, 0.5) is 10.5 Å². The molecule has 0 aliphatic carbocycles. The zero-order valence-corrected chi connectivity index (χ0v) is 12.8. The van der Waals surface area contributed by atoms with Crippen LogP contribution in [-0.4, -0.2) is 38.2 Å². The van der Waals surface area contributed by atoms with Crippen molar-refractivity contribution in [1.29, 1.82) is 0 Å². The summed E-state index contributed by atoms with van der Waals surface area (Å²) in [6.45, 7) is 2.72. The van der Waals surface area contributed by atoms with Gasteiger partial charge in [-0.2, -0.15) is 0 Å². The summed E-state index contributed by atoms with van der Waals surface area (Å²) in [5, 5.41) is 15.4. The number of anilines is 1. The molecule has 0 bridgehead atoms. The Kier molecular flexibility index (Phi) is 4.82. The van der Waals surface area contributed by atoms with Gasteiger partial charge in [-0.25, -0.2) is 0 Å². The van der Waals surface area contributed by atoms with Gasteiger partial charge in [0, 0.05) is 0 Å². The SMILES string of the molecule is CCCCNC(=O)Nc1ccc2[se]c(C(=O)O)cc2c1. The Balaban J connectivity index is 2.07. The fourth-order valence-electron chi connectivity index (χ4n) is 1.78. The van der Waals surface area contributed by atoms with Crippen LogP contribution in [0.5, 0.6) is 0 Å². The van der Waals surface area contributed by atoms with Crippen molar-refractivity contribution in [3.63, 3.8) is 0 Å². The predicted octanol–water partition coefficient (Wildman–Crippen LogP) is 2.52. The molecule has 2 rings (SSSR count). The van der Waals surface area contributed by atoms with Crippen LogP contribution in [0, 0.1) is 0 Å². The first-order chi connectivity index (χ1) is 9.60. The van der Waals surface area contributed by atoms with Gasteiger partial charge in [-0.15, -0.1) is 0 Å². The van der Waals surface area contributed by atoms with E-state index in [-0.39, 0.29) is 20.5 Å². The van der Waals surface area contributed by atoms with Gasteiger partial charge in [-0.1, -0.05) is 0 Å². The van der Waals surface area contributed by atoms with Gasteiger partial charge >= 0.3 is 122 Å². The van der Waals surface area contributed by atoms with Crippen molar-refractivity contribution in [2.24, 2.45) is 0 Å². The molecule has 1 aromatic carbocycles. The second kappa shape index (κ2) is 6.59. The molecule has 1 heterocycles. The molecule has 0 saturated heterocycles. The topological polar surface area (TPSA) is 78.4 Å². The number of carbonyl (C=O) groups is 2. The number of unbranched alkanes of at least 4 members (excludes halogenated alkanes) is 1. The molecule has 0 radical (unpaired) electrons. The van der Waals surface area contributed by atoms with Crippen LogP contribution in [0.2, 0.25) is 0 Å². The van der Waals surface area contributed by atoms with Crippen LogP contribution in [0.25, 0.3) is 9.65 Å². The molecule has 6 heteroatoms. The molecular weight excluding hydrogens is 323 g/mol. The second-order valence-electron chi connectivity index (χ2n) is 4.40. The molecule has 0 aliphatic heterocycles. The quantitative estimate of drug-likeness (QED) is 0.579. The minimum absolute atomic E-state index is 0.150. The number of carboxylic acid groups (broad SMARTS) is 1. The maximum atomic E-state index is 11.6. The van der Waals surface area contributed by atoms with Crippen molar-refractivity contribution in [2.75, 3.05) is 11.9 Å². The van der Waals surface area contributed by atoms with E-state index in [0.29, 0.717) is 16.7 Å². The summed E-state index contributed by atoms with van der Waals surface area (Å²) < 4.78 is 1.48. The Morgan fingerprint density at radius 1 is 1.30 bits per heavy atom. The van der Waals surface area contributed by atoms with Crippen LogP contribution in [0.3, 0.4) is 0 Å². The average Bonchev–Trinajstić information content (AvgIpc) is 2.82. The maximum absolute atomic E-state index is 11.6. The van der Waals surface area contributed by atoms with Gasteiger partial charge < -0.3 is 0 Å². The molecule has 3 N–H and O–H groups in total. The Bertz CT molecular complexity index is 636. The van der Waals surface area contributed by atoms with Crippen LogP contribution in [0.15, 0.2) is 24.3 Å². The summed E-state index contributed by atoms with van der Waals surface area (Å²) in [5.41, 5.74) is 0.677. The van der Waals surface area contributed by atoms with Crippen molar-refractivity contribution in [3.8, 4) is 0 Å². The van der Waals surface area contributed by atoms with Crippen LogP contribution >= 0.6 is 0 Å². The van der Waals surface area contributed by atoms with E-state index >= 15 is 0 Å². The first kappa shape index (κ1) is 14.6. The van der Waals surface area contributed by atoms with Crippen molar-refractivity contribution in [2.45, 2.75) is 19.8 Å². The minimum atomic E-state index is -0.868. The van der Waals surface area contributed by atoms with Gasteiger partial charge in [0.25, 0.3) is 0 Å². The summed E-state index contributed by atoms with van der Waals surface area (Å²) >= 11 is -0.150. The van der Waals surface area contributed by atoms with E-state index in [4.69, 9.17) is 5.11 Å². The van der Waals surface area contributed by atoms with E-state index < -0.39 is 5.97 Å². The molecule has 20 heavy (non-hydrogen) atoms. The first-order valence-electron chi connectivity index (χ1n) is 6.42. The third-order valence-electron chi connectivity index (χ3n) is 2.80. The fraction of sp³-hybridized carbons (Fsp3) is 0.286. The normalized spacial score (nSPS) is 10.4. The number of nitrogens with one attached hydrogen (secondary N) is 2. The Hall–Kier alpha value is -1.78. The molecule has 1 aromatic heterocycles. The summed E-state index contributed by atoms with van der Waals surface area (Å²) in [4.78, 5) is 22.6. The molecule has 0 spiro atoms. The standard InChI is InChI=1S/C14H16N2O3Se/c1-2-3-6-15-14(19)16-10-4-5-11-9(7-10)8-12(20-11)13(17)18/h4-5,7-8H,2-3,6H2,1H3,(H,17,18)(H2,15,16,19). The number of carbonyl (C=O) groups excluding carboxylic acids is 1. The fourth-order valence-corrected chi connectivity index (χ4v) is 3.63.